The van der Waals surface area contributed by atoms with Crippen LogP contribution in [-0.4, -0.2) is 36.5 Å². The van der Waals surface area contributed by atoms with Crippen molar-refractivity contribution in [3.05, 3.63) is 52.9 Å². The largest absolute Gasteiger partial charge is 0.350 e. The molecule has 2 fully saturated rings. The number of nitrogens with one attached hydrogen (secondary N) is 2. The minimum Gasteiger partial charge on any atom is -0.350 e. The first kappa shape index (κ1) is 26.9. The van der Waals surface area contributed by atoms with Gasteiger partial charge < -0.3 is 10.1 Å². The van der Waals surface area contributed by atoms with Gasteiger partial charge in [-0.1, -0.05) is 30.7 Å². The molecule has 2 aliphatic heterocycles. The molecule has 1 aromatic heterocycles. The van der Waals surface area contributed by atoms with E-state index in [-0.39, 0.29) is 28.9 Å². The van der Waals surface area contributed by atoms with Gasteiger partial charge in [-0.05, 0) is 74.6 Å². The molecular weight excluding hydrogens is 492 g/mol. The number of carbonyl (C=O) groups excluding carboxylic acids is 2. The highest BCUT2D eigenvalue weighted by molar-refractivity contribution is 8.00. The summed E-state index contributed by atoms with van der Waals surface area (Å²) in [4.78, 5) is 32.7. The van der Waals surface area contributed by atoms with Crippen LogP contribution in [0, 0.1) is 0 Å². The summed E-state index contributed by atoms with van der Waals surface area (Å²) >= 11 is 3.66. The molecule has 8 heteroatoms. The Morgan fingerprint density at radius 3 is 2.67 bits per heavy atom. The van der Waals surface area contributed by atoms with E-state index in [0.717, 1.165) is 49.0 Å². The van der Waals surface area contributed by atoms with Crippen molar-refractivity contribution in [1.29, 1.82) is 0 Å². The third kappa shape index (κ3) is 7.44. The van der Waals surface area contributed by atoms with Crippen molar-refractivity contribution in [3.63, 3.8) is 0 Å². The summed E-state index contributed by atoms with van der Waals surface area (Å²) in [5.41, 5.74) is 4.77. The van der Waals surface area contributed by atoms with Gasteiger partial charge in [-0.25, -0.2) is 10.3 Å². The van der Waals surface area contributed by atoms with Crippen molar-refractivity contribution in [2.24, 2.45) is 0 Å². The average molecular weight is 529 g/mol. The summed E-state index contributed by atoms with van der Waals surface area (Å²) in [5.74, 6) is 0.873. The van der Waals surface area contributed by atoms with E-state index in [2.05, 4.69) is 35.1 Å². The molecule has 2 saturated heterocycles. The number of carbonyl (C=O) groups is 2. The topological polar surface area (TPSA) is 76.7 Å². The Hall–Kier alpha value is -2.13. The lowest BCUT2D eigenvalue weighted by molar-refractivity contribution is -0.200. The zero-order valence-corrected chi connectivity index (χ0v) is 22.7. The Labute approximate surface area is 222 Å². The number of thiophene rings is 1. The fraction of sp³-hybridized carbons (Fsp3) is 0.500. The Balaban J connectivity index is 1.41. The summed E-state index contributed by atoms with van der Waals surface area (Å²) in [7, 11) is 0. The predicted octanol–water partition coefficient (Wildman–Crippen LogP) is 6.03. The lowest BCUT2D eigenvalue weighted by atomic mass is 9.94. The Bertz CT molecular complexity index is 1040. The summed E-state index contributed by atoms with van der Waals surface area (Å²) in [5, 5.41) is 2.86. The van der Waals surface area contributed by atoms with Gasteiger partial charge in [-0.3, -0.25) is 9.59 Å². The molecule has 194 valence electrons. The number of hydrogen-bond donors (Lipinski definition) is 2. The Kier molecular flexibility index (Phi) is 9.65. The number of amides is 2. The van der Waals surface area contributed by atoms with Crippen LogP contribution in [0.2, 0.25) is 0 Å². The van der Waals surface area contributed by atoms with Crippen molar-refractivity contribution in [1.82, 2.24) is 10.8 Å². The monoisotopic (exact) mass is 528 g/mol. The van der Waals surface area contributed by atoms with E-state index in [1.54, 1.807) is 17.4 Å². The number of rotatable bonds is 9. The number of hydroxylamine groups is 1. The van der Waals surface area contributed by atoms with Crippen LogP contribution in [-0.2, 0) is 23.9 Å². The van der Waals surface area contributed by atoms with E-state index in [9.17, 15) is 9.59 Å². The highest BCUT2D eigenvalue weighted by Crippen LogP contribution is 2.50. The molecule has 6 nitrogen and oxygen atoms in total. The SMILES string of the molecule is CC(C)NC(=O)C=Cc1ccc(-c2ccc([C@@]3(CC(=O)NOC4CCCCO4)CCCCS3)s2)cc1. The van der Waals surface area contributed by atoms with Gasteiger partial charge in [0.15, 0.2) is 6.29 Å². The van der Waals surface area contributed by atoms with E-state index in [0.29, 0.717) is 13.0 Å². The average Bonchev–Trinajstić information content (AvgIpc) is 3.39. The number of thioether (sulfide) groups is 1. The maximum Gasteiger partial charge on any atom is 0.245 e. The lowest BCUT2D eigenvalue weighted by Gasteiger charge is -2.35. The third-order valence-electron chi connectivity index (χ3n) is 6.35. The second-order valence-corrected chi connectivity index (χ2v) is 12.3. The first-order valence-electron chi connectivity index (χ1n) is 12.8. The second-order valence-electron chi connectivity index (χ2n) is 9.70. The molecule has 2 atom stereocenters. The quantitative estimate of drug-likeness (QED) is 0.307. The van der Waals surface area contributed by atoms with Crippen LogP contribution >= 0.6 is 23.1 Å². The molecule has 0 bridgehead atoms. The molecule has 2 aromatic rings. The van der Waals surface area contributed by atoms with Crippen molar-refractivity contribution >= 4 is 41.0 Å². The van der Waals surface area contributed by atoms with Gasteiger partial charge in [0.2, 0.25) is 11.8 Å². The van der Waals surface area contributed by atoms with Crippen LogP contribution in [0.4, 0.5) is 0 Å². The van der Waals surface area contributed by atoms with Gasteiger partial charge in [0.05, 0.1) is 4.75 Å². The first-order chi connectivity index (χ1) is 17.4. The van der Waals surface area contributed by atoms with Crippen LogP contribution in [0.3, 0.4) is 0 Å². The van der Waals surface area contributed by atoms with Crippen LogP contribution in [0.25, 0.3) is 16.5 Å². The fourth-order valence-corrected chi connectivity index (χ4v) is 7.40. The zero-order valence-electron chi connectivity index (χ0n) is 21.1. The van der Waals surface area contributed by atoms with Crippen molar-refractivity contribution in [2.75, 3.05) is 12.4 Å². The van der Waals surface area contributed by atoms with E-state index in [4.69, 9.17) is 9.57 Å². The van der Waals surface area contributed by atoms with Gasteiger partial charge in [-0.15, -0.1) is 23.1 Å². The van der Waals surface area contributed by atoms with E-state index >= 15 is 0 Å². The number of benzene rings is 1. The van der Waals surface area contributed by atoms with Crippen LogP contribution in [0.1, 0.15) is 69.2 Å². The van der Waals surface area contributed by atoms with Crippen molar-refractivity contribution in [2.45, 2.75) is 75.9 Å². The molecule has 2 N–H and O–H groups in total. The maximum atomic E-state index is 12.9. The van der Waals surface area contributed by atoms with E-state index in [1.807, 2.05) is 43.8 Å². The van der Waals surface area contributed by atoms with Crippen molar-refractivity contribution < 1.29 is 19.2 Å². The molecule has 0 radical (unpaired) electrons. The normalized spacial score (nSPS) is 22.6. The summed E-state index contributed by atoms with van der Waals surface area (Å²) in [6.07, 6.45) is 9.65. The molecule has 2 aliphatic rings. The molecule has 36 heavy (non-hydrogen) atoms. The fourth-order valence-electron chi connectivity index (χ4n) is 4.51. The highest BCUT2D eigenvalue weighted by atomic mass is 32.2. The lowest BCUT2D eigenvalue weighted by Crippen LogP contribution is -2.37. The Morgan fingerprint density at radius 1 is 1.14 bits per heavy atom. The molecule has 0 spiro atoms. The van der Waals surface area contributed by atoms with Gasteiger partial charge in [0.25, 0.3) is 0 Å². The molecule has 0 aliphatic carbocycles. The minimum absolute atomic E-state index is 0.0899. The maximum absolute atomic E-state index is 12.9. The smallest absolute Gasteiger partial charge is 0.245 e. The molecule has 4 rings (SSSR count). The molecule has 1 unspecified atom stereocenters. The molecule has 1 aromatic carbocycles. The van der Waals surface area contributed by atoms with Crippen molar-refractivity contribution in [3.8, 4) is 10.4 Å². The van der Waals surface area contributed by atoms with Gasteiger partial charge >= 0.3 is 0 Å². The van der Waals surface area contributed by atoms with Gasteiger partial charge in [-0.2, -0.15) is 0 Å². The summed E-state index contributed by atoms with van der Waals surface area (Å²) in [6, 6.07) is 12.7. The van der Waals surface area contributed by atoms with Gasteiger partial charge in [0, 0.05) is 41.3 Å². The third-order valence-corrected chi connectivity index (χ3v) is 9.43. The van der Waals surface area contributed by atoms with E-state index in [1.165, 1.54) is 16.2 Å². The zero-order chi connectivity index (χ0) is 25.4. The molecule has 2 amide bonds. The van der Waals surface area contributed by atoms with E-state index < -0.39 is 0 Å². The number of hydrogen-bond acceptors (Lipinski definition) is 6. The highest BCUT2D eigenvalue weighted by Gasteiger charge is 2.38. The standard InChI is InChI=1S/C28H36N2O4S2/c1-20(2)29-25(31)15-10-21-8-11-22(12-9-21)23-13-14-24(36-23)28(16-4-6-18-35-28)19-26(32)30-34-27-7-3-5-17-33-27/h8-15,20,27H,3-7,16-19H2,1-2H3,(H,29,31)(H,30,32)/t27?,28-/m0/s1. The second kappa shape index (κ2) is 12.9. The molecule has 3 heterocycles. The first-order valence-corrected chi connectivity index (χ1v) is 14.6. The summed E-state index contributed by atoms with van der Waals surface area (Å²) in [6.45, 7) is 4.57. The van der Waals surface area contributed by atoms with Gasteiger partial charge in [0.1, 0.15) is 0 Å². The van der Waals surface area contributed by atoms with Crippen LogP contribution in [0.15, 0.2) is 42.5 Å². The minimum atomic E-state index is -0.339. The van der Waals surface area contributed by atoms with Crippen LogP contribution in [0.5, 0.6) is 0 Å². The molecular formula is C28H36N2O4S2. The Morgan fingerprint density at radius 2 is 1.97 bits per heavy atom. The molecule has 0 saturated carbocycles. The number of ether oxygens (including phenoxy) is 1. The van der Waals surface area contributed by atoms with Crippen LogP contribution < -0.4 is 10.8 Å². The predicted molar refractivity (Wildman–Crippen MR) is 147 cm³/mol. The summed E-state index contributed by atoms with van der Waals surface area (Å²) < 4.78 is 5.34.